The molecule has 0 aliphatic carbocycles. The Morgan fingerprint density at radius 2 is 0.635 bits per heavy atom. The zero-order valence-corrected chi connectivity index (χ0v) is 34.6. The Hall–Kier alpha value is -1.80. The predicted molar refractivity (Wildman–Crippen MR) is 210 cm³/mol. The molecule has 0 amide bonds. The number of hydrogen-bond acceptors (Lipinski definition) is 9. The number of nitrogens with one attached hydrogen (secondary N) is 3. The Balaban J connectivity index is 5.83. The molecule has 0 heterocycles. The molecular formula is C37H70N6O6S3. The van der Waals surface area contributed by atoms with Gasteiger partial charge in [0.1, 0.15) is 0 Å². The van der Waals surface area contributed by atoms with Crippen LogP contribution in [-0.4, -0.2) is 48.3 Å². The number of nitrogens with zero attached hydrogens (tertiary/aromatic N) is 3. The SMILES string of the molecule is CCCCCCC(S(=O)(=O)NCCCCCCCCCC#N)(S(=O)(=O)NCCCCCCCCCC#N)S(=O)(=O)NCCCCCCCCCC#N. The molecule has 12 nitrogen and oxygen atoms in total. The van der Waals surface area contributed by atoms with E-state index in [1.165, 1.54) is 0 Å². The maximum atomic E-state index is 14.2. The van der Waals surface area contributed by atoms with Gasteiger partial charge in [0, 0.05) is 45.3 Å². The molecule has 0 aliphatic rings. The van der Waals surface area contributed by atoms with Crippen molar-refractivity contribution in [1.82, 2.24) is 14.2 Å². The van der Waals surface area contributed by atoms with Gasteiger partial charge in [0.25, 0.3) is 0 Å². The Morgan fingerprint density at radius 3 is 0.904 bits per heavy atom. The first-order chi connectivity index (χ1) is 25.0. The van der Waals surface area contributed by atoms with E-state index >= 15 is 0 Å². The third-order valence-corrected chi connectivity index (χ3v) is 18.1. The van der Waals surface area contributed by atoms with Gasteiger partial charge < -0.3 is 0 Å². The van der Waals surface area contributed by atoms with Crippen molar-refractivity contribution in [3.63, 3.8) is 0 Å². The average molecular weight is 791 g/mol. The van der Waals surface area contributed by atoms with Crippen LogP contribution in [0.2, 0.25) is 0 Å². The number of hydrogen-bond donors (Lipinski definition) is 3. The highest BCUT2D eigenvalue weighted by Gasteiger charge is 2.64. The average Bonchev–Trinajstić information content (AvgIpc) is 3.10. The summed E-state index contributed by atoms with van der Waals surface area (Å²) in [6, 6.07) is 6.40. The van der Waals surface area contributed by atoms with Crippen LogP contribution in [0.1, 0.15) is 193 Å². The van der Waals surface area contributed by atoms with Gasteiger partial charge >= 0.3 is 3.41 Å². The second-order valence-corrected chi connectivity index (χ2v) is 20.6. The fraction of sp³-hybridized carbons (Fsp3) is 0.919. The van der Waals surface area contributed by atoms with Gasteiger partial charge in [-0.25, -0.2) is 39.4 Å². The normalized spacial score (nSPS) is 12.3. The highest BCUT2D eigenvalue weighted by Crippen LogP contribution is 2.36. The van der Waals surface area contributed by atoms with Crippen molar-refractivity contribution in [2.75, 3.05) is 19.6 Å². The third-order valence-electron chi connectivity index (χ3n) is 9.34. The summed E-state index contributed by atoms with van der Waals surface area (Å²) in [7, 11) is -14.8. The second-order valence-electron chi connectivity index (χ2n) is 13.8. The molecule has 52 heavy (non-hydrogen) atoms. The van der Waals surface area contributed by atoms with Crippen molar-refractivity contribution in [2.24, 2.45) is 0 Å². The molecule has 0 aromatic carbocycles. The summed E-state index contributed by atoms with van der Waals surface area (Å²) in [6.07, 6.45) is 20.4. The van der Waals surface area contributed by atoms with Gasteiger partial charge in [0.15, 0.2) is 0 Å². The van der Waals surface area contributed by atoms with Crippen LogP contribution in [0.15, 0.2) is 0 Å². The molecule has 0 saturated carbocycles. The Labute approximate surface area is 318 Å². The molecule has 0 fully saturated rings. The van der Waals surface area contributed by atoms with Crippen LogP contribution in [0.3, 0.4) is 0 Å². The Bertz CT molecular complexity index is 1200. The number of unbranched alkanes of at least 4 members (excludes halogenated alkanes) is 24. The third kappa shape index (κ3) is 21.2. The van der Waals surface area contributed by atoms with Crippen LogP contribution >= 0.6 is 0 Å². The maximum absolute atomic E-state index is 14.2. The molecule has 0 aromatic rings. The van der Waals surface area contributed by atoms with Crippen LogP contribution in [-0.2, 0) is 30.1 Å². The lowest BCUT2D eigenvalue weighted by atomic mass is 10.1. The summed E-state index contributed by atoms with van der Waals surface area (Å²) in [4.78, 5) is 0. The largest absolute Gasteiger partial charge is 0.313 e. The monoisotopic (exact) mass is 790 g/mol. The lowest BCUT2D eigenvalue weighted by molar-refractivity contribution is 0.505. The van der Waals surface area contributed by atoms with Gasteiger partial charge in [-0.3, -0.25) is 0 Å². The van der Waals surface area contributed by atoms with Crippen molar-refractivity contribution in [3.8, 4) is 18.2 Å². The van der Waals surface area contributed by atoms with Crippen LogP contribution < -0.4 is 14.2 Å². The van der Waals surface area contributed by atoms with Crippen molar-refractivity contribution < 1.29 is 25.3 Å². The Kier molecular flexibility index (Phi) is 30.4. The number of nitriles is 3. The van der Waals surface area contributed by atoms with E-state index in [0.29, 0.717) is 70.6 Å². The number of rotatable bonds is 38. The molecule has 0 rings (SSSR count). The van der Waals surface area contributed by atoms with Crippen LogP contribution in [0.5, 0.6) is 0 Å². The zero-order valence-electron chi connectivity index (χ0n) is 32.1. The van der Waals surface area contributed by atoms with Crippen molar-refractivity contribution >= 4 is 30.1 Å². The second kappa shape index (κ2) is 31.5. The fourth-order valence-corrected chi connectivity index (χ4v) is 13.9. The first-order valence-corrected chi connectivity index (χ1v) is 24.5. The van der Waals surface area contributed by atoms with Crippen molar-refractivity contribution in [3.05, 3.63) is 0 Å². The molecule has 0 aliphatic heterocycles. The molecule has 0 spiro atoms. The molecule has 0 aromatic heterocycles. The van der Waals surface area contributed by atoms with Gasteiger partial charge in [-0.2, -0.15) is 15.8 Å². The molecule has 302 valence electrons. The highest BCUT2D eigenvalue weighted by atomic mass is 32.3. The smallest absolute Gasteiger partial charge is 0.213 e. The first kappa shape index (κ1) is 50.2. The standard InChI is InChI=1S/C37H70N6O6S3/c1-2-3-4-23-30-37(50(44,45)41-34-27-20-14-8-5-11-17-24-31-38,51(46,47)42-35-28-21-15-9-6-12-18-25-32-39)52(48,49)43-36-29-22-16-10-7-13-19-26-33-40/h41-43H,2-30,34-36H2,1H3. The van der Waals surface area contributed by atoms with Gasteiger partial charge in [-0.05, 0) is 44.9 Å². The summed E-state index contributed by atoms with van der Waals surface area (Å²) in [5.74, 6) is 0. The summed E-state index contributed by atoms with van der Waals surface area (Å²) in [5.41, 5.74) is 0. The summed E-state index contributed by atoms with van der Waals surface area (Å²) in [5, 5.41) is 26.0. The first-order valence-electron chi connectivity index (χ1n) is 20.1. The van der Waals surface area contributed by atoms with Crippen LogP contribution in [0.4, 0.5) is 0 Å². The van der Waals surface area contributed by atoms with E-state index in [4.69, 9.17) is 15.8 Å². The Morgan fingerprint density at radius 1 is 0.385 bits per heavy atom. The van der Waals surface area contributed by atoms with Gasteiger partial charge in [-0.15, -0.1) is 0 Å². The quantitative estimate of drug-likeness (QED) is 0.0513. The molecule has 0 unspecified atom stereocenters. The van der Waals surface area contributed by atoms with E-state index in [1.54, 1.807) is 0 Å². The lowest BCUT2D eigenvalue weighted by Gasteiger charge is -2.32. The lowest BCUT2D eigenvalue weighted by Crippen LogP contribution is -2.63. The minimum atomic E-state index is -4.95. The summed E-state index contributed by atoms with van der Waals surface area (Å²) < 4.78 is 89.2. The molecule has 3 N–H and O–H groups in total. The minimum Gasteiger partial charge on any atom is -0.213 e. The molecule has 0 atom stereocenters. The van der Waals surface area contributed by atoms with E-state index in [2.05, 4.69) is 32.4 Å². The van der Waals surface area contributed by atoms with E-state index < -0.39 is 39.9 Å². The molecule has 15 heteroatoms. The van der Waals surface area contributed by atoms with Crippen LogP contribution in [0, 0.1) is 34.0 Å². The van der Waals surface area contributed by atoms with Gasteiger partial charge in [0.2, 0.25) is 30.1 Å². The number of sulfonamides is 3. The molecule has 0 bridgehead atoms. The topological polar surface area (TPSA) is 210 Å². The van der Waals surface area contributed by atoms with E-state index in [-0.39, 0.29) is 26.1 Å². The fourth-order valence-electron chi connectivity index (χ4n) is 6.19. The summed E-state index contributed by atoms with van der Waals surface area (Å²) in [6.45, 7) is 1.76. The maximum Gasteiger partial charge on any atom is 0.313 e. The summed E-state index contributed by atoms with van der Waals surface area (Å²) >= 11 is 0. The molecular weight excluding hydrogens is 721 g/mol. The minimum absolute atomic E-state index is 0.0682. The van der Waals surface area contributed by atoms with E-state index in [1.807, 2.05) is 6.92 Å². The van der Waals surface area contributed by atoms with Gasteiger partial charge in [-0.1, -0.05) is 122 Å². The van der Waals surface area contributed by atoms with E-state index in [9.17, 15) is 25.3 Å². The van der Waals surface area contributed by atoms with E-state index in [0.717, 1.165) is 103 Å². The molecule has 0 saturated heterocycles. The molecule has 0 radical (unpaired) electrons. The predicted octanol–water partition coefficient (Wildman–Crippen LogP) is 8.30. The van der Waals surface area contributed by atoms with Gasteiger partial charge in [0.05, 0.1) is 18.2 Å². The highest BCUT2D eigenvalue weighted by molar-refractivity contribution is 8.24. The zero-order chi connectivity index (χ0) is 38.9. The van der Waals surface area contributed by atoms with Crippen molar-refractivity contribution in [2.45, 2.75) is 197 Å². The van der Waals surface area contributed by atoms with Crippen molar-refractivity contribution in [1.29, 1.82) is 15.8 Å². The van der Waals surface area contributed by atoms with Crippen LogP contribution in [0.25, 0.3) is 0 Å².